The van der Waals surface area contributed by atoms with E-state index in [1.54, 1.807) is 18.2 Å². The van der Waals surface area contributed by atoms with Crippen molar-refractivity contribution in [1.29, 1.82) is 5.26 Å². The molecule has 0 saturated carbocycles. The summed E-state index contributed by atoms with van der Waals surface area (Å²) >= 11 is 6.05. The Kier molecular flexibility index (Phi) is 5.82. The first-order chi connectivity index (χ1) is 8.21. The zero-order chi connectivity index (χ0) is 12.7. The summed E-state index contributed by atoms with van der Waals surface area (Å²) in [5.41, 5.74) is 1.46. The van der Waals surface area contributed by atoms with Crippen molar-refractivity contribution >= 4 is 17.3 Å². The van der Waals surface area contributed by atoms with Gasteiger partial charge in [-0.1, -0.05) is 25.4 Å². The van der Waals surface area contributed by atoms with E-state index >= 15 is 0 Å². The van der Waals surface area contributed by atoms with Crippen LogP contribution in [0.1, 0.15) is 19.4 Å². The second-order valence-corrected chi connectivity index (χ2v) is 4.17. The number of nitrogens with zero attached hydrogens (tertiary/aromatic N) is 2. The molecule has 17 heavy (non-hydrogen) atoms. The zero-order valence-corrected chi connectivity index (χ0v) is 11.1. The number of hydrogen-bond donors (Lipinski definition) is 1. The molecule has 0 aliphatic carbocycles. The van der Waals surface area contributed by atoms with Gasteiger partial charge >= 0.3 is 0 Å². The van der Waals surface area contributed by atoms with Crippen molar-refractivity contribution in [1.82, 2.24) is 4.90 Å². The molecular weight excluding hydrogens is 234 g/mol. The quantitative estimate of drug-likeness (QED) is 0.845. The zero-order valence-electron chi connectivity index (χ0n) is 10.3. The lowest BCUT2D eigenvalue weighted by Crippen LogP contribution is -2.28. The molecule has 1 rings (SSSR count). The third-order valence-electron chi connectivity index (χ3n) is 2.73. The Morgan fingerprint density at radius 3 is 2.65 bits per heavy atom. The minimum atomic E-state index is 0.625. The Labute approximate surface area is 108 Å². The molecule has 0 spiro atoms. The predicted octanol–water partition coefficient (Wildman–Crippen LogP) is 2.97. The van der Waals surface area contributed by atoms with Gasteiger partial charge in [-0.25, -0.2) is 0 Å². The highest BCUT2D eigenvalue weighted by atomic mass is 35.5. The lowest BCUT2D eigenvalue weighted by molar-refractivity contribution is 0.316. The third-order valence-corrected chi connectivity index (χ3v) is 3.06. The van der Waals surface area contributed by atoms with Gasteiger partial charge < -0.3 is 10.2 Å². The van der Waals surface area contributed by atoms with Crippen LogP contribution in [-0.4, -0.2) is 31.1 Å². The van der Waals surface area contributed by atoms with Crippen molar-refractivity contribution in [3.8, 4) is 6.07 Å². The molecule has 0 bridgehead atoms. The van der Waals surface area contributed by atoms with Gasteiger partial charge in [0.05, 0.1) is 22.3 Å². The number of hydrogen-bond acceptors (Lipinski definition) is 3. The Bertz CT molecular complexity index is 394. The van der Waals surface area contributed by atoms with Gasteiger partial charge in [-0.3, -0.25) is 0 Å². The fourth-order valence-corrected chi connectivity index (χ4v) is 1.80. The van der Waals surface area contributed by atoms with E-state index in [4.69, 9.17) is 16.9 Å². The molecular formula is C13H18ClN3. The first kappa shape index (κ1) is 13.8. The standard InChI is InChI=1S/C13H18ClN3/c1-3-17(4-2)8-7-16-13-9-11(10-15)5-6-12(13)14/h5-6,9,16H,3-4,7-8H2,1-2H3. The molecule has 0 heterocycles. The summed E-state index contributed by atoms with van der Waals surface area (Å²) in [6.07, 6.45) is 0. The Morgan fingerprint density at radius 2 is 2.06 bits per heavy atom. The number of likely N-dealkylation sites (N-methyl/N-ethyl adjacent to an activating group) is 1. The second-order valence-electron chi connectivity index (χ2n) is 3.76. The fraction of sp³-hybridized carbons (Fsp3) is 0.462. The van der Waals surface area contributed by atoms with E-state index in [2.05, 4.69) is 30.1 Å². The highest BCUT2D eigenvalue weighted by molar-refractivity contribution is 6.33. The normalized spacial score (nSPS) is 10.3. The van der Waals surface area contributed by atoms with Crippen molar-refractivity contribution in [2.24, 2.45) is 0 Å². The molecule has 0 aromatic heterocycles. The van der Waals surface area contributed by atoms with E-state index in [1.807, 2.05) is 0 Å². The maximum absolute atomic E-state index is 8.81. The molecule has 0 atom stereocenters. The van der Waals surface area contributed by atoms with Crippen LogP contribution in [0, 0.1) is 11.3 Å². The number of benzene rings is 1. The van der Waals surface area contributed by atoms with Crippen molar-refractivity contribution in [3.05, 3.63) is 28.8 Å². The minimum absolute atomic E-state index is 0.625. The van der Waals surface area contributed by atoms with Gasteiger partial charge in [0.15, 0.2) is 0 Å². The SMILES string of the molecule is CCN(CC)CCNc1cc(C#N)ccc1Cl. The number of nitrogens with one attached hydrogen (secondary N) is 1. The van der Waals surface area contributed by atoms with E-state index in [1.165, 1.54) is 0 Å². The van der Waals surface area contributed by atoms with E-state index in [9.17, 15) is 0 Å². The summed E-state index contributed by atoms with van der Waals surface area (Å²) in [4.78, 5) is 2.33. The summed E-state index contributed by atoms with van der Waals surface area (Å²) in [5, 5.41) is 12.7. The van der Waals surface area contributed by atoms with Crippen molar-refractivity contribution in [3.63, 3.8) is 0 Å². The summed E-state index contributed by atoms with van der Waals surface area (Å²) in [7, 11) is 0. The van der Waals surface area contributed by atoms with Gasteiger partial charge in [-0.05, 0) is 31.3 Å². The largest absolute Gasteiger partial charge is 0.383 e. The third kappa shape index (κ3) is 4.26. The average molecular weight is 252 g/mol. The maximum Gasteiger partial charge on any atom is 0.0992 e. The van der Waals surface area contributed by atoms with Crippen LogP contribution in [0.25, 0.3) is 0 Å². The van der Waals surface area contributed by atoms with Crippen LogP contribution < -0.4 is 5.32 Å². The number of halogens is 1. The summed E-state index contributed by atoms with van der Waals surface area (Å²) in [6, 6.07) is 7.36. The summed E-state index contributed by atoms with van der Waals surface area (Å²) in [6.45, 7) is 8.18. The summed E-state index contributed by atoms with van der Waals surface area (Å²) in [5.74, 6) is 0. The first-order valence-corrected chi connectivity index (χ1v) is 6.25. The molecule has 92 valence electrons. The van der Waals surface area contributed by atoms with Crippen LogP contribution in [-0.2, 0) is 0 Å². The Balaban J connectivity index is 2.54. The molecule has 0 aliphatic rings. The molecule has 0 fully saturated rings. The highest BCUT2D eigenvalue weighted by Crippen LogP contribution is 2.22. The molecule has 1 aromatic carbocycles. The van der Waals surface area contributed by atoms with Crippen LogP contribution in [0.4, 0.5) is 5.69 Å². The molecule has 0 saturated heterocycles. The molecule has 1 N–H and O–H groups in total. The van der Waals surface area contributed by atoms with Crippen LogP contribution in [0.3, 0.4) is 0 Å². The second kappa shape index (κ2) is 7.16. The lowest BCUT2D eigenvalue weighted by atomic mass is 10.2. The number of nitriles is 1. The molecule has 4 heteroatoms. The van der Waals surface area contributed by atoms with Crippen LogP contribution in [0.2, 0.25) is 5.02 Å². The minimum Gasteiger partial charge on any atom is -0.383 e. The topological polar surface area (TPSA) is 39.1 Å². The molecule has 0 unspecified atom stereocenters. The lowest BCUT2D eigenvalue weighted by Gasteiger charge is -2.18. The van der Waals surface area contributed by atoms with Gasteiger partial charge in [0.1, 0.15) is 0 Å². The van der Waals surface area contributed by atoms with E-state index in [0.717, 1.165) is 31.9 Å². The van der Waals surface area contributed by atoms with Gasteiger partial charge in [0.2, 0.25) is 0 Å². The van der Waals surface area contributed by atoms with E-state index in [0.29, 0.717) is 10.6 Å². The highest BCUT2D eigenvalue weighted by Gasteiger charge is 2.02. The van der Waals surface area contributed by atoms with E-state index < -0.39 is 0 Å². The average Bonchev–Trinajstić information content (AvgIpc) is 2.36. The first-order valence-electron chi connectivity index (χ1n) is 5.87. The maximum atomic E-state index is 8.81. The van der Waals surface area contributed by atoms with Gasteiger partial charge in [-0.2, -0.15) is 5.26 Å². The Morgan fingerprint density at radius 1 is 1.35 bits per heavy atom. The number of rotatable bonds is 6. The van der Waals surface area contributed by atoms with Crippen LogP contribution in [0.5, 0.6) is 0 Å². The van der Waals surface area contributed by atoms with Gasteiger partial charge in [-0.15, -0.1) is 0 Å². The molecule has 0 aliphatic heterocycles. The molecule has 0 amide bonds. The molecule has 3 nitrogen and oxygen atoms in total. The number of anilines is 1. The van der Waals surface area contributed by atoms with Gasteiger partial charge in [0, 0.05) is 13.1 Å². The van der Waals surface area contributed by atoms with Crippen molar-refractivity contribution in [2.45, 2.75) is 13.8 Å². The van der Waals surface area contributed by atoms with Crippen molar-refractivity contribution in [2.75, 3.05) is 31.5 Å². The Hall–Kier alpha value is -1.24. The predicted molar refractivity (Wildman–Crippen MR) is 72.4 cm³/mol. The van der Waals surface area contributed by atoms with E-state index in [-0.39, 0.29) is 0 Å². The molecule has 1 aromatic rings. The monoisotopic (exact) mass is 251 g/mol. The summed E-state index contributed by atoms with van der Waals surface area (Å²) < 4.78 is 0. The van der Waals surface area contributed by atoms with Crippen LogP contribution in [0.15, 0.2) is 18.2 Å². The van der Waals surface area contributed by atoms with Crippen molar-refractivity contribution < 1.29 is 0 Å². The van der Waals surface area contributed by atoms with Gasteiger partial charge in [0.25, 0.3) is 0 Å². The smallest absolute Gasteiger partial charge is 0.0992 e. The fourth-order valence-electron chi connectivity index (χ4n) is 1.62. The molecule has 0 radical (unpaired) electrons. The van der Waals surface area contributed by atoms with Crippen LogP contribution >= 0.6 is 11.6 Å².